The van der Waals surface area contributed by atoms with Crippen LogP contribution in [0.15, 0.2) is 0 Å². The minimum absolute atomic E-state index is 0.0193. The largest absolute Gasteiger partial charge is 0.432 e. The van der Waals surface area contributed by atoms with Crippen LogP contribution in [-0.2, 0) is 43.1 Å². The standard InChI is InChI=1S/C12H13N3O8.C4H8O2/c16-7-1-2-8(17)14(7)22-11(20)5-6-13-12(21)23-15-9(18)3-4-10(15)19;1-2-6-4-3-5-1/h1-6H2,(H,13,21);1-4H2. The summed E-state index contributed by atoms with van der Waals surface area (Å²) in [6.45, 7) is 2.88. The summed E-state index contributed by atoms with van der Waals surface area (Å²) in [4.78, 5) is 76.8. The zero-order valence-corrected chi connectivity index (χ0v) is 15.5. The fraction of sp³-hybridized carbons (Fsp3) is 0.625. The Morgan fingerprint density at radius 2 is 1.17 bits per heavy atom. The Balaban J connectivity index is 0.000000426. The predicted octanol–water partition coefficient (Wildman–Crippen LogP) is -1.19. The fourth-order valence-electron chi connectivity index (χ4n) is 2.28. The second kappa shape index (κ2) is 11.1. The van der Waals surface area contributed by atoms with Gasteiger partial charge in [-0.1, -0.05) is 0 Å². The lowest BCUT2D eigenvalue weighted by atomic mass is 10.4. The highest BCUT2D eigenvalue weighted by molar-refractivity contribution is 6.02. The smallest absolute Gasteiger partial charge is 0.377 e. The number of carbonyl (C=O) groups is 6. The van der Waals surface area contributed by atoms with Crippen LogP contribution in [0.4, 0.5) is 4.79 Å². The molecule has 3 saturated heterocycles. The molecular formula is C16H21N3O10. The monoisotopic (exact) mass is 415 g/mol. The van der Waals surface area contributed by atoms with Crippen molar-refractivity contribution in [2.24, 2.45) is 0 Å². The third kappa shape index (κ3) is 7.12. The molecule has 0 aromatic carbocycles. The Morgan fingerprint density at radius 3 is 1.59 bits per heavy atom. The summed E-state index contributed by atoms with van der Waals surface area (Å²) in [5, 5.41) is 2.88. The van der Waals surface area contributed by atoms with Crippen LogP contribution in [-0.4, -0.2) is 78.8 Å². The number of ether oxygens (including phenoxy) is 2. The third-order valence-corrected chi connectivity index (χ3v) is 3.72. The minimum Gasteiger partial charge on any atom is -0.377 e. The SMILES string of the molecule is C1COCCO1.O=C(CCNC(=O)ON1C(=O)CCC1=O)ON1C(=O)CCC1=O. The number of imide groups is 2. The molecule has 29 heavy (non-hydrogen) atoms. The van der Waals surface area contributed by atoms with Gasteiger partial charge in [0.2, 0.25) is 0 Å². The Hall–Kier alpha value is -3.06. The van der Waals surface area contributed by atoms with Crippen molar-refractivity contribution >= 4 is 35.7 Å². The highest BCUT2D eigenvalue weighted by atomic mass is 16.7. The Bertz CT molecular complexity index is 582. The van der Waals surface area contributed by atoms with E-state index in [1.807, 2.05) is 0 Å². The molecule has 3 aliphatic heterocycles. The summed E-state index contributed by atoms with van der Waals surface area (Å²) in [6, 6.07) is 0. The molecule has 13 heteroatoms. The van der Waals surface area contributed by atoms with Crippen molar-refractivity contribution in [2.75, 3.05) is 33.0 Å². The van der Waals surface area contributed by atoms with E-state index >= 15 is 0 Å². The third-order valence-electron chi connectivity index (χ3n) is 3.72. The van der Waals surface area contributed by atoms with Gasteiger partial charge in [-0.05, 0) is 0 Å². The van der Waals surface area contributed by atoms with Gasteiger partial charge in [-0.3, -0.25) is 19.2 Å². The van der Waals surface area contributed by atoms with E-state index in [0.717, 1.165) is 26.4 Å². The molecule has 0 bridgehead atoms. The second-order valence-electron chi connectivity index (χ2n) is 5.91. The lowest BCUT2D eigenvalue weighted by Gasteiger charge is -2.14. The van der Waals surface area contributed by atoms with Crippen LogP contribution in [0, 0.1) is 0 Å². The molecule has 5 amide bonds. The van der Waals surface area contributed by atoms with Crippen LogP contribution in [0.5, 0.6) is 0 Å². The van der Waals surface area contributed by atoms with Gasteiger partial charge in [0.1, 0.15) is 0 Å². The number of amides is 5. The number of rotatable bonds is 5. The summed E-state index contributed by atoms with van der Waals surface area (Å²) in [7, 11) is 0. The predicted molar refractivity (Wildman–Crippen MR) is 89.0 cm³/mol. The van der Waals surface area contributed by atoms with E-state index in [2.05, 4.69) is 15.0 Å². The number of carbonyl (C=O) groups excluding carboxylic acids is 6. The molecule has 1 N–H and O–H groups in total. The van der Waals surface area contributed by atoms with Gasteiger partial charge in [-0.2, -0.15) is 0 Å². The molecule has 3 aliphatic rings. The van der Waals surface area contributed by atoms with Crippen LogP contribution in [0.2, 0.25) is 0 Å². The Labute approximate surface area is 165 Å². The molecule has 0 spiro atoms. The average molecular weight is 415 g/mol. The molecule has 0 aliphatic carbocycles. The lowest BCUT2D eigenvalue weighted by Crippen LogP contribution is -2.38. The van der Waals surface area contributed by atoms with Crippen LogP contribution in [0.25, 0.3) is 0 Å². The van der Waals surface area contributed by atoms with Crippen molar-refractivity contribution in [3.05, 3.63) is 0 Å². The number of hydroxylamine groups is 4. The summed E-state index contributed by atoms with van der Waals surface area (Å²) in [6.07, 6.45) is -1.53. The van der Waals surface area contributed by atoms with Crippen molar-refractivity contribution < 1.29 is 47.9 Å². The number of hydrogen-bond acceptors (Lipinski definition) is 10. The Morgan fingerprint density at radius 1 is 0.759 bits per heavy atom. The van der Waals surface area contributed by atoms with Crippen molar-refractivity contribution in [3.8, 4) is 0 Å². The van der Waals surface area contributed by atoms with E-state index in [9.17, 15) is 28.8 Å². The van der Waals surface area contributed by atoms with Crippen molar-refractivity contribution in [1.82, 2.24) is 15.4 Å². The first-order chi connectivity index (χ1) is 13.9. The van der Waals surface area contributed by atoms with E-state index in [1.54, 1.807) is 0 Å². The van der Waals surface area contributed by atoms with Crippen molar-refractivity contribution in [3.63, 3.8) is 0 Å². The van der Waals surface area contributed by atoms with Gasteiger partial charge in [0.15, 0.2) is 0 Å². The quantitative estimate of drug-likeness (QED) is 0.541. The lowest BCUT2D eigenvalue weighted by molar-refractivity contribution is -0.197. The summed E-state index contributed by atoms with van der Waals surface area (Å²) in [5.41, 5.74) is 0. The molecule has 0 unspecified atom stereocenters. The molecule has 3 rings (SSSR count). The van der Waals surface area contributed by atoms with E-state index in [0.29, 0.717) is 10.1 Å². The molecule has 0 aromatic rings. The topological polar surface area (TPSA) is 158 Å². The molecule has 0 radical (unpaired) electrons. The molecule has 160 valence electrons. The van der Waals surface area contributed by atoms with Gasteiger partial charge in [0, 0.05) is 32.2 Å². The maximum Gasteiger partial charge on any atom is 0.432 e. The molecule has 3 fully saturated rings. The summed E-state index contributed by atoms with van der Waals surface area (Å²) < 4.78 is 9.89. The number of nitrogens with zero attached hydrogens (tertiary/aromatic N) is 2. The van der Waals surface area contributed by atoms with Gasteiger partial charge in [0.05, 0.1) is 32.8 Å². The molecule has 0 atom stereocenters. The van der Waals surface area contributed by atoms with Crippen LogP contribution in [0.1, 0.15) is 32.1 Å². The van der Waals surface area contributed by atoms with Gasteiger partial charge in [-0.15, -0.1) is 10.1 Å². The Kier molecular flexibility index (Phi) is 8.48. The van der Waals surface area contributed by atoms with Gasteiger partial charge in [0.25, 0.3) is 23.6 Å². The fourth-order valence-corrected chi connectivity index (χ4v) is 2.28. The average Bonchev–Trinajstić information content (AvgIpc) is 3.20. The molecule has 0 aromatic heterocycles. The zero-order chi connectivity index (χ0) is 21.2. The maximum absolute atomic E-state index is 11.4. The molecule has 0 saturated carbocycles. The van der Waals surface area contributed by atoms with Gasteiger partial charge >= 0.3 is 12.1 Å². The van der Waals surface area contributed by atoms with Gasteiger partial charge < -0.3 is 24.5 Å². The van der Waals surface area contributed by atoms with Crippen LogP contribution < -0.4 is 5.32 Å². The minimum atomic E-state index is -1.09. The van der Waals surface area contributed by atoms with Crippen LogP contribution in [0.3, 0.4) is 0 Å². The maximum atomic E-state index is 11.4. The summed E-state index contributed by atoms with van der Waals surface area (Å²) in [5.74, 6) is -3.38. The first-order valence-electron chi connectivity index (χ1n) is 8.92. The normalized spacial score (nSPS) is 19.0. The van der Waals surface area contributed by atoms with E-state index in [4.69, 9.17) is 9.47 Å². The van der Waals surface area contributed by atoms with Gasteiger partial charge in [-0.25, -0.2) is 9.59 Å². The summed E-state index contributed by atoms with van der Waals surface area (Å²) >= 11 is 0. The molecule has 3 heterocycles. The first kappa shape index (κ1) is 22.2. The van der Waals surface area contributed by atoms with E-state index < -0.39 is 35.7 Å². The zero-order valence-electron chi connectivity index (χ0n) is 15.5. The second-order valence-corrected chi connectivity index (χ2v) is 5.91. The van der Waals surface area contributed by atoms with Crippen LogP contribution >= 0.6 is 0 Å². The highest BCUT2D eigenvalue weighted by Gasteiger charge is 2.34. The van der Waals surface area contributed by atoms with E-state index in [1.165, 1.54) is 0 Å². The van der Waals surface area contributed by atoms with Crippen molar-refractivity contribution in [2.45, 2.75) is 32.1 Å². The van der Waals surface area contributed by atoms with E-state index in [-0.39, 0.29) is 38.6 Å². The van der Waals surface area contributed by atoms with Crippen molar-refractivity contribution in [1.29, 1.82) is 0 Å². The molecule has 13 nitrogen and oxygen atoms in total. The first-order valence-corrected chi connectivity index (χ1v) is 8.92. The molecular weight excluding hydrogens is 394 g/mol. The highest BCUT2D eigenvalue weighted by Crippen LogP contribution is 2.13. The number of nitrogens with one attached hydrogen (secondary N) is 1. The number of hydrogen-bond donors (Lipinski definition) is 1.